The third kappa shape index (κ3) is 3.76. The summed E-state index contributed by atoms with van der Waals surface area (Å²) in [4.78, 5) is 3.99. The van der Waals surface area contributed by atoms with E-state index in [-0.39, 0.29) is 0 Å². The first-order chi connectivity index (χ1) is 7.54. The number of hydrogen-bond donors (Lipinski definition) is 1. The number of pyridine rings is 1. The molecule has 0 aliphatic heterocycles. The lowest BCUT2D eigenvalue weighted by molar-refractivity contribution is 0.356. The Kier molecular flexibility index (Phi) is 5.23. The average molecular weight is 241 g/mol. The topological polar surface area (TPSA) is 24.9 Å². The van der Waals surface area contributed by atoms with Crippen LogP contribution in [0.2, 0.25) is 5.15 Å². The van der Waals surface area contributed by atoms with Gasteiger partial charge >= 0.3 is 0 Å². The Bertz CT molecular complexity index is 325. The summed E-state index contributed by atoms with van der Waals surface area (Å²) in [5, 5.41) is 4.18. The highest BCUT2D eigenvalue weighted by molar-refractivity contribution is 6.29. The maximum absolute atomic E-state index is 5.88. The third-order valence-corrected chi connectivity index (χ3v) is 3.17. The fourth-order valence-electron chi connectivity index (χ4n) is 1.89. The second-order valence-corrected chi connectivity index (χ2v) is 4.95. The standard InChI is InChI=1S/C13H21ClN2/c1-5-12(9(2)3)16-10(4)11-6-7-15-13(14)8-11/h6-10,12,16H,5H2,1-4H3. The molecule has 0 radical (unpaired) electrons. The number of rotatable bonds is 5. The van der Waals surface area contributed by atoms with Crippen molar-refractivity contribution in [3.63, 3.8) is 0 Å². The minimum Gasteiger partial charge on any atom is -0.307 e. The highest BCUT2D eigenvalue weighted by atomic mass is 35.5. The zero-order chi connectivity index (χ0) is 12.1. The SMILES string of the molecule is CCC(NC(C)c1ccnc(Cl)c1)C(C)C. The Balaban J connectivity index is 2.67. The van der Waals surface area contributed by atoms with E-state index in [0.717, 1.165) is 6.42 Å². The molecule has 0 aliphatic carbocycles. The maximum Gasteiger partial charge on any atom is 0.129 e. The molecule has 0 aliphatic rings. The Morgan fingerprint density at radius 2 is 2.06 bits per heavy atom. The van der Waals surface area contributed by atoms with E-state index in [9.17, 15) is 0 Å². The van der Waals surface area contributed by atoms with Gasteiger partial charge in [-0.3, -0.25) is 0 Å². The summed E-state index contributed by atoms with van der Waals surface area (Å²) >= 11 is 5.88. The van der Waals surface area contributed by atoms with E-state index < -0.39 is 0 Å². The van der Waals surface area contributed by atoms with E-state index in [4.69, 9.17) is 11.6 Å². The number of nitrogens with zero attached hydrogens (tertiary/aromatic N) is 1. The molecule has 1 aromatic rings. The molecule has 2 nitrogen and oxygen atoms in total. The van der Waals surface area contributed by atoms with Gasteiger partial charge in [-0.1, -0.05) is 32.4 Å². The largest absolute Gasteiger partial charge is 0.307 e. The molecule has 1 N–H and O–H groups in total. The molecule has 0 saturated carbocycles. The van der Waals surface area contributed by atoms with E-state index in [1.54, 1.807) is 6.20 Å². The molecule has 90 valence electrons. The van der Waals surface area contributed by atoms with Crippen molar-refractivity contribution in [2.45, 2.75) is 46.2 Å². The minimum absolute atomic E-state index is 0.313. The molecule has 0 saturated heterocycles. The van der Waals surface area contributed by atoms with E-state index >= 15 is 0 Å². The van der Waals surface area contributed by atoms with Crippen molar-refractivity contribution in [2.24, 2.45) is 5.92 Å². The van der Waals surface area contributed by atoms with Crippen molar-refractivity contribution < 1.29 is 0 Å². The summed E-state index contributed by atoms with van der Waals surface area (Å²) in [6.45, 7) is 8.86. The fraction of sp³-hybridized carbons (Fsp3) is 0.615. The molecule has 0 spiro atoms. The van der Waals surface area contributed by atoms with Crippen molar-refractivity contribution in [2.75, 3.05) is 0 Å². The van der Waals surface area contributed by atoms with Crippen LogP contribution in [0.25, 0.3) is 0 Å². The van der Waals surface area contributed by atoms with Gasteiger partial charge in [-0.2, -0.15) is 0 Å². The predicted octanol–water partition coefficient (Wildman–Crippen LogP) is 3.82. The van der Waals surface area contributed by atoms with Crippen LogP contribution in [0.3, 0.4) is 0 Å². The number of nitrogens with one attached hydrogen (secondary N) is 1. The molecular weight excluding hydrogens is 220 g/mol. The summed E-state index contributed by atoms with van der Waals surface area (Å²) in [5.41, 5.74) is 1.19. The quantitative estimate of drug-likeness (QED) is 0.792. The molecule has 1 aromatic heterocycles. The van der Waals surface area contributed by atoms with Crippen LogP contribution in [-0.4, -0.2) is 11.0 Å². The first-order valence-corrected chi connectivity index (χ1v) is 6.29. The molecule has 16 heavy (non-hydrogen) atoms. The second-order valence-electron chi connectivity index (χ2n) is 4.56. The summed E-state index contributed by atoms with van der Waals surface area (Å²) in [6.07, 6.45) is 2.90. The number of halogens is 1. The average Bonchev–Trinajstić information content (AvgIpc) is 2.25. The van der Waals surface area contributed by atoms with Crippen molar-refractivity contribution >= 4 is 11.6 Å². The summed E-state index contributed by atoms with van der Waals surface area (Å²) in [7, 11) is 0. The molecule has 2 unspecified atom stereocenters. The smallest absolute Gasteiger partial charge is 0.129 e. The molecule has 0 fully saturated rings. The molecule has 3 heteroatoms. The van der Waals surface area contributed by atoms with Crippen LogP contribution >= 0.6 is 11.6 Å². The zero-order valence-electron chi connectivity index (χ0n) is 10.5. The lowest BCUT2D eigenvalue weighted by Crippen LogP contribution is -2.35. The zero-order valence-corrected chi connectivity index (χ0v) is 11.3. The third-order valence-electron chi connectivity index (χ3n) is 2.96. The van der Waals surface area contributed by atoms with Crippen LogP contribution in [0.4, 0.5) is 0 Å². The van der Waals surface area contributed by atoms with Gasteiger partial charge in [0.1, 0.15) is 5.15 Å². The van der Waals surface area contributed by atoms with Gasteiger partial charge in [-0.05, 0) is 37.0 Å². The van der Waals surface area contributed by atoms with E-state index in [0.29, 0.717) is 23.2 Å². The molecule has 1 rings (SSSR count). The van der Waals surface area contributed by atoms with E-state index in [1.807, 2.05) is 12.1 Å². The van der Waals surface area contributed by atoms with Gasteiger partial charge in [-0.25, -0.2) is 4.98 Å². The van der Waals surface area contributed by atoms with Crippen molar-refractivity contribution in [3.05, 3.63) is 29.0 Å². The van der Waals surface area contributed by atoms with Crippen LogP contribution in [0, 0.1) is 5.92 Å². The Morgan fingerprint density at radius 3 is 2.56 bits per heavy atom. The van der Waals surface area contributed by atoms with Crippen LogP contribution in [0.5, 0.6) is 0 Å². The Morgan fingerprint density at radius 1 is 1.38 bits per heavy atom. The summed E-state index contributed by atoms with van der Waals surface area (Å²) in [6, 6.07) is 4.79. The van der Waals surface area contributed by atoms with Gasteiger partial charge in [0, 0.05) is 18.3 Å². The first kappa shape index (κ1) is 13.5. The van der Waals surface area contributed by atoms with Gasteiger partial charge in [0.2, 0.25) is 0 Å². The van der Waals surface area contributed by atoms with Crippen molar-refractivity contribution in [1.82, 2.24) is 10.3 Å². The minimum atomic E-state index is 0.313. The predicted molar refractivity (Wildman–Crippen MR) is 69.7 cm³/mol. The molecule has 2 atom stereocenters. The normalized spacial score (nSPS) is 15.1. The van der Waals surface area contributed by atoms with Crippen molar-refractivity contribution in [3.8, 4) is 0 Å². The monoisotopic (exact) mass is 240 g/mol. The molecule has 0 amide bonds. The van der Waals surface area contributed by atoms with E-state index in [2.05, 4.69) is 38.0 Å². The molecule has 0 aromatic carbocycles. The number of hydrogen-bond acceptors (Lipinski definition) is 2. The van der Waals surface area contributed by atoms with Crippen molar-refractivity contribution in [1.29, 1.82) is 0 Å². The van der Waals surface area contributed by atoms with Gasteiger partial charge in [0.25, 0.3) is 0 Å². The highest BCUT2D eigenvalue weighted by Crippen LogP contribution is 2.18. The van der Waals surface area contributed by atoms with Crippen LogP contribution in [0.15, 0.2) is 18.3 Å². The Labute approximate surface area is 103 Å². The lowest BCUT2D eigenvalue weighted by atomic mass is 9.99. The van der Waals surface area contributed by atoms with Gasteiger partial charge in [0.05, 0.1) is 0 Å². The second kappa shape index (κ2) is 6.21. The van der Waals surface area contributed by atoms with Crippen LogP contribution in [0.1, 0.15) is 45.7 Å². The first-order valence-electron chi connectivity index (χ1n) is 5.92. The highest BCUT2D eigenvalue weighted by Gasteiger charge is 2.14. The Hall–Kier alpha value is -0.600. The van der Waals surface area contributed by atoms with Gasteiger partial charge in [0.15, 0.2) is 0 Å². The van der Waals surface area contributed by atoms with Gasteiger partial charge in [-0.15, -0.1) is 0 Å². The van der Waals surface area contributed by atoms with Crippen LogP contribution in [-0.2, 0) is 0 Å². The fourth-order valence-corrected chi connectivity index (χ4v) is 2.07. The summed E-state index contributed by atoms with van der Waals surface area (Å²) in [5.74, 6) is 0.643. The summed E-state index contributed by atoms with van der Waals surface area (Å²) < 4.78 is 0. The number of aromatic nitrogens is 1. The lowest BCUT2D eigenvalue weighted by Gasteiger charge is -2.25. The molecule has 1 heterocycles. The van der Waals surface area contributed by atoms with E-state index in [1.165, 1.54) is 5.56 Å². The molecule has 0 bridgehead atoms. The molecular formula is C13H21ClN2. The maximum atomic E-state index is 5.88. The van der Waals surface area contributed by atoms with Crippen LogP contribution < -0.4 is 5.32 Å². The van der Waals surface area contributed by atoms with Gasteiger partial charge < -0.3 is 5.32 Å².